The van der Waals surface area contributed by atoms with Crippen molar-refractivity contribution >= 4 is 11.7 Å². The van der Waals surface area contributed by atoms with Crippen molar-refractivity contribution in [1.29, 1.82) is 5.26 Å². The van der Waals surface area contributed by atoms with E-state index < -0.39 is 30.8 Å². The summed E-state index contributed by atoms with van der Waals surface area (Å²) in [6.45, 7) is -0.796. The quantitative estimate of drug-likeness (QED) is 0.710. The molecular weight excluding hydrogens is 368 g/mol. The number of amides is 1. The average molecular weight is 385 g/mol. The minimum absolute atomic E-state index is 0.186. The highest BCUT2D eigenvalue weighted by atomic mass is 19.3. The van der Waals surface area contributed by atoms with E-state index in [0.29, 0.717) is 5.75 Å². The second-order valence-electron chi connectivity index (χ2n) is 6.44. The lowest BCUT2D eigenvalue weighted by Crippen LogP contribution is -2.36. The van der Waals surface area contributed by atoms with E-state index in [9.17, 15) is 18.4 Å². The van der Waals surface area contributed by atoms with Gasteiger partial charge in [0.25, 0.3) is 5.92 Å². The summed E-state index contributed by atoms with van der Waals surface area (Å²) in [5.41, 5.74) is 0.246. The van der Waals surface area contributed by atoms with Gasteiger partial charge in [0.05, 0.1) is 24.4 Å². The van der Waals surface area contributed by atoms with Crippen LogP contribution in [0.3, 0.4) is 0 Å². The zero-order chi connectivity index (χ0) is 20.1. The van der Waals surface area contributed by atoms with Crippen LogP contribution in [0.4, 0.5) is 8.78 Å². The minimum Gasteiger partial charge on any atom is -0.455 e. The summed E-state index contributed by atoms with van der Waals surface area (Å²) in [6, 6.07) is 10.9. The standard InChI is InChI=1S/C20H17F2N3O3/c21-20(22)10-14(11-23)25(13-20)19(27)7-6-17(26)16-8-9-24-12-18(16)28-15-4-2-1-3-5-15/h1-5,8-9,12,14H,6-7,10,13H2/t14-/m0/s1. The molecule has 1 aliphatic heterocycles. The third-order valence-corrected chi connectivity index (χ3v) is 4.36. The van der Waals surface area contributed by atoms with Gasteiger partial charge in [0.2, 0.25) is 5.91 Å². The van der Waals surface area contributed by atoms with Crippen molar-refractivity contribution in [2.45, 2.75) is 31.2 Å². The summed E-state index contributed by atoms with van der Waals surface area (Å²) in [4.78, 5) is 29.6. The number of hydrogen-bond donors (Lipinski definition) is 0. The highest BCUT2D eigenvalue weighted by molar-refractivity contribution is 6.00. The predicted octanol–water partition coefficient (Wildman–Crippen LogP) is 3.60. The number of likely N-dealkylation sites (tertiary alicyclic amines) is 1. The van der Waals surface area contributed by atoms with Crippen LogP contribution in [0, 0.1) is 11.3 Å². The number of Topliss-reactive ketones (excluding diaryl/α,β-unsaturated/α-hetero) is 1. The molecule has 2 heterocycles. The van der Waals surface area contributed by atoms with Crippen LogP contribution in [0.1, 0.15) is 29.6 Å². The number of ketones is 1. The number of alkyl halides is 2. The lowest BCUT2D eigenvalue weighted by Gasteiger charge is -2.19. The number of nitriles is 1. The number of aromatic nitrogens is 1. The first-order valence-corrected chi connectivity index (χ1v) is 8.67. The molecule has 0 unspecified atom stereocenters. The third kappa shape index (κ3) is 4.49. The van der Waals surface area contributed by atoms with E-state index in [4.69, 9.17) is 10.00 Å². The second-order valence-corrected chi connectivity index (χ2v) is 6.44. The van der Waals surface area contributed by atoms with Crippen LogP contribution in [0.5, 0.6) is 11.5 Å². The molecule has 144 valence electrons. The smallest absolute Gasteiger partial charge is 0.268 e. The van der Waals surface area contributed by atoms with Crippen molar-refractivity contribution in [2.24, 2.45) is 0 Å². The molecule has 0 bridgehead atoms. The first kappa shape index (κ1) is 19.4. The summed E-state index contributed by atoms with van der Waals surface area (Å²) in [6.07, 6.45) is 1.70. The van der Waals surface area contributed by atoms with Crippen LogP contribution in [0.25, 0.3) is 0 Å². The van der Waals surface area contributed by atoms with Crippen molar-refractivity contribution in [2.75, 3.05) is 6.54 Å². The van der Waals surface area contributed by atoms with Gasteiger partial charge in [0, 0.05) is 25.5 Å². The van der Waals surface area contributed by atoms with Crippen LogP contribution in [0.15, 0.2) is 48.8 Å². The molecule has 6 nitrogen and oxygen atoms in total. The molecule has 1 amide bonds. The fourth-order valence-corrected chi connectivity index (χ4v) is 3.00. The highest BCUT2D eigenvalue weighted by Gasteiger charge is 2.47. The van der Waals surface area contributed by atoms with Crippen LogP contribution >= 0.6 is 0 Å². The van der Waals surface area contributed by atoms with Crippen LogP contribution < -0.4 is 4.74 Å². The fourth-order valence-electron chi connectivity index (χ4n) is 3.00. The van der Waals surface area contributed by atoms with Gasteiger partial charge in [-0.1, -0.05) is 18.2 Å². The Balaban J connectivity index is 1.66. The van der Waals surface area contributed by atoms with Crippen molar-refractivity contribution in [3.8, 4) is 17.6 Å². The van der Waals surface area contributed by atoms with E-state index >= 15 is 0 Å². The Morgan fingerprint density at radius 3 is 2.71 bits per heavy atom. The van der Waals surface area contributed by atoms with Gasteiger partial charge in [-0.15, -0.1) is 0 Å². The zero-order valence-electron chi connectivity index (χ0n) is 14.8. The Morgan fingerprint density at radius 1 is 1.25 bits per heavy atom. The summed E-state index contributed by atoms with van der Waals surface area (Å²) < 4.78 is 32.6. The number of carbonyl (C=O) groups excluding carboxylic acids is 2. The molecule has 0 radical (unpaired) electrons. The number of rotatable bonds is 6. The molecule has 1 fully saturated rings. The lowest BCUT2D eigenvalue weighted by atomic mass is 10.1. The van der Waals surface area contributed by atoms with Crippen LogP contribution in [-0.4, -0.2) is 40.1 Å². The molecule has 0 N–H and O–H groups in total. The third-order valence-electron chi connectivity index (χ3n) is 4.36. The van der Waals surface area contributed by atoms with Gasteiger partial charge in [-0.2, -0.15) is 5.26 Å². The predicted molar refractivity (Wildman–Crippen MR) is 95.0 cm³/mol. The number of ether oxygens (including phenoxy) is 1. The topological polar surface area (TPSA) is 83.3 Å². The molecule has 0 saturated carbocycles. The molecule has 0 aliphatic carbocycles. The molecule has 1 saturated heterocycles. The number of carbonyl (C=O) groups is 2. The molecule has 28 heavy (non-hydrogen) atoms. The Labute approximate surface area is 160 Å². The van der Waals surface area contributed by atoms with E-state index in [-0.39, 0.29) is 29.9 Å². The van der Waals surface area contributed by atoms with E-state index in [1.54, 1.807) is 30.3 Å². The SMILES string of the molecule is N#C[C@@H]1CC(F)(F)CN1C(=O)CCC(=O)c1ccncc1Oc1ccccc1. The van der Waals surface area contributed by atoms with Crippen molar-refractivity contribution in [1.82, 2.24) is 9.88 Å². The largest absolute Gasteiger partial charge is 0.455 e. The molecule has 1 atom stereocenters. The van der Waals surface area contributed by atoms with Gasteiger partial charge in [-0.3, -0.25) is 14.6 Å². The number of pyridine rings is 1. The second kappa shape index (κ2) is 8.13. The first-order chi connectivity index (χ1) is 13.4. The maximum absolute atomic E-state index is 13.5. The van der Waals surface area contributed by atoms with E-state index in [1.165, 1.54) is 18.5 Å². The van der Waals surface area contributed by atoms with Gasteiger partial charge < -0.3 is 9.64 Å². The van der Waals surface area contributed by atoms with Gasteiger partial charge in [-0.05, 0) is 18.2 Å². The Kier molecular flexibility index (Phi) is 5.64. The zero-order valence-corrected chi connectivity index (χ0v) is 14.8. The lowest BCUT2D eigenvalue weighted by molar-refractivity contribution is -0.132. The number of para-hydroxylation sites is 1. The van der Waals surface area contributed by atoms with Gasteiger partial charge >= 0.3 is 0 Å². The maximum Gasteiger partial charge on any atom is 0.268 e. The maximum atomic E-state index is 13.5. The fraction of sp³-hybridized carbons (Fsp3) is 0.300. The van der Waals surface area contributed by atoms with Crippen molar-refractivity contribution in [3.05, 3.63) is 54.4 Å². The molecular formula is C20H17F2N3O3. The molecule has 8 heteroatoms. The molecule has 1 aliphatic rings. The highest BCUT2D eigenvalue weighted by Crippen LogP contribution is 2.32. The monoisotopic (exact) mass is 385 g/mol. The average Bonchev–Trinajstić information content (AvgIpc) is 3.02. The van der Waals surface area contributed by atoms with Gasteiger partial charge in [0.1, 0.15) is 11.8 Å². The number of nitrogens with zero attached hydrogens (tertiary/aromatic N) is 3. The van der Waals surface area contributed by atoms with Gasteiger partial charge in [0.15, 0.2) is 11.5 Å². The summed E-state index contributed by atoms with van der Waals surface area (Å²) >= 11 is 0. The first-order valence-electron chi connectivity index (χ1n) is 8.67. The summed E-state index contributed by atoms with van der Waals surface area (Å²) in [5, 5.41) is 8.98. The van der Waals surface area contributed by atoms with E-state index in [2.05, 4.69) is 4.98 Å². The molecule has 2 aromatic rings. The number of hydrogen-bond acceptors (Lipinski definition) is 5. The van der Waals surface area contributed by atoms with Crippen LogP contribution in [0.2, 0.25) is 0 Å². The number of benzene rings is 1. The summed E-state index contributed by atoms with van der Waals surface area (Å²) in [5.74, 6) is -3.33. The Morgan fingerprint density at radius 2 is 2.00 bits per heavy atom. The van der Waals surface area contributed by atoms with Crippen LogP contribution in [-0.2, 0) is 4.79 Å². The van der Waals surface area contributed by atoms with Crippen molar-refractivity contribution < 1.29 is 23.1 Å². The molecule has 1 aromatic heterocycles. The Hall–Kier alpha value is -3.34. The van der Waals surface area contributed by atoms with E-state index in [0.717, 1.165) is 4.90 Å². The molecule has 3 rings (SSSR count). The van der Waals surface area contributed by atoms with Crippen molar-refractivity contribution in [3.63, 3.8) is 0 Å². The Bertz CT molecular complexity index is 912. The number of halogens is 2. The molecule has 1 aromatic carbocycles. The summed E-state index contributed by atoms with van der Waals surface area (Å²) in [7, 11) is 0. The normalized spacial score (nSPS) is 17.8. The molecule has 0 spiro atoms. The minimum atomic E-state index is -3.08. The van der Waals surface area contributed by atoms with Gasteiger partial charge in [-0.25, -0.2) is 8.78 Å². The van der Waals surface area contributed by atoms with E-state index in [1.807, 2.05) is 6.07 Å².